The van der Waals surface area contributed by atoms with Crippen LogP contribution in [-0.2, 0) is 10.0 Å². The molecule has 0 N–H and O–H groups in total. The molecular formula is C11H13N5O2S. The van der Waals surface area contributed by atoms with Gasteiger partial charge in [0.2, 0.25) is 10.0 Å². The summed E-state index contributed by atoms with van der Waals surface area (Å²) in [7, 11) is -3.46. The first-order chi connectivity index (χ1) is 9.18. The highest BCUT2D eigenvalue weighted by Crippen LogP contribution is 2.25. The van der Waals surface area contributed by atoms with Gasteiger partial charge in [-0.3, -0.25) is 4.98 Å². The minimum absolute atomic E-state index is 0.00134. The Labute approximate surface area is 110 Å². The van der Waals surface area contributed by atoms with E-state index in [0.717, 1.165) is 0 Å². The van der Waals surface area contributed by atoms with Crippen LogP contribution in [0.3, 0.4) is 0 Å². The van der Waals surface area contributed by atoms with Crippen LogP contribution in [-0.4, -0.2) is 45.8 Å². The summed E-state index contributed by atoms with van der Waals surface area (Å²) >= 11 is 0. The zero-order chi connectivity index (χ0) is 13.3. The number of nitrogens with zero attached hydrogens (tertiary/aromatic N) is 5. The van der Waals surface area contributed by atoms with Gasteiger partial charge in [-0.15, -0.1) is 0 Å². The van der Waals surface area contributed by atoms with Crippen LogP contribution in [0, 0.1) is 0 Å². The highest BCUT2D eigenvalue weighted by molar-refractivity contribution is 7.89. The number of rotatable bonds is 3. The van der Waals surface area contributed by atoms with Crippen LogP contribution in [0.2, 0.25) is 0 Å². The van der Waals surface area contributed by atoms with Crippen LogP contribution in [0.15, 0.2) is 41.8 Å². The molecule has 19 heavy (non-hydrogen) atoms. The third-order valence-corrected chi connectivity index (χ3v) is 5.01. The van der Waals surface area contributed by atoms with Crippen molar-refractivity contribution < 1.29 is 8.42 Å². The second-order valence-electron chi connectivity index (χ2n) is 4.34. The molecule has 0 bridgehead atoms. The number of sulfonamides is 1. The van der Waals surface area contributed by atoms with Gasteiger partial charge in [0, 0.05) is 25.5 Å². The van der Waals surface area contributed by atoms with Crippen LogP contribution in [0.25, 0.3) is 0 Å². The Kier molecular flexibility index (Phi) is 3.03. The molecule has 0 radical (unpaired) electrons. The lowest BCUT2D eigenvalue weighted by Gasteiger charge is -2.15. The van der Waals surface area contributed by atoms with Crippen molar-refractivity contribution in [3.63, 3.8) is 0 Å². The predicted molar refractivity (Wildman–Crippen MR) is 66.7 cm³/mol. The summed E-state index contributed by atoms with van der Waals surface area (Å²) in [4.78, 5) is 5.65. The Hall–Kier alpha value is -1.80. The second-order valence-corrected chi connectivity index (χ2v) is 6.28. The van der Waals surface area contributed by atoms with E-state index >= 15 is 0 Å². The van der Waals surface area contributed by atoms with Gasteiger partial charge in [0.25, 0.3) is 0 Å². The highest BCUT2D eigenvalue weighted by Gasteiger charge is 2.34. The van der Waals surface area contributed by atoms with E-state index in [2.05, 4.69) is 15.2 Å². The summed E-state index contributed by atoms with van der Waals surface area (Å²) in [5.74, 6) is 0. The Bertz CT molecular complexity index is 641. The topological polar surface area (TPSA) is 81.0 Å². The van der Waals surface area contributed by atoms with Gasteiger partial charge in [-0.05, 0) is 18.6 Å². The van der Waals surface area contributed by atoms with Crippen LogP contribution < -0.4 is 0 Å². The standard InChI is InChI=1S/C11H13N5O2S/c17-19(18,11-2-1-4-12-8-11)15-7-3-10(9-15)16-13-5-6-14-16/h1-2,4-6,8,10H,3,7,9H2. The monoisotopic (exact) mass is 279 g/mol. The normalized spacial score (nSPS) is 20.7. The number of aromatic nitrogens is 4. The van der Waals surface area contributed by atoms with E-state index in [1.54, 1.807) is 35.5 Å². The molecule has 100 valence electrons. The Morgan fingerprint density at radius 1 is 1.21 bits per heavy atom. The van der Waals surface area contributed by atoms with Crippen molar-refractivity contribution in [2.75, 3.05) is 13.1 Å². The SMILES string of the molecule is O=S(=O)(c1cccnc1)N1CCC(n2nccn2)C1. The average Bonchev–Trinajstić information content (AvgIpc) is 3.10. The van der Waals surface area contributed by atoms with Crippen molar-refractivity contribution in [1.82, 2.24) is 24.3 Å². The molecule has 1 atom stereocenters. The smallest absolute Gasteiger partial charge is 0.244 e. The Morgan fingerprint density at radius 2 is 2.00 bits per heavy atom. The minimum Gasteiger partial charge on any atom is -0.263 e. The molecule has 1 aliphatic rings. The third kappa shape index (κ3) is 2.24. The molecule has 2 aromatic rings. The van der Waals surface area contributed by atoms with Crippen molar-refractivity contribution in [2.45, 2.75) is 17.4 Å². The van der Waals surface area contributed by atoms with Crippen LogP contribution in [0.1, 0.15) is 12.5 Å². The molecule has 0 aromatic carbocycles. The van der Waals surface area contributed by atoms with Gasteiger partial charge in [-0.2, -0.15) is 19.3 Å². The number of hydrogen-bond donors (Lipinski definition) is 0. The van der Waals surface area contributed by atoms with E-state index in [1.807, 2.05) is 0 Å². The number of hydrogen-bond acceptors (Lipinski definition) is 5. The van der Waals surface area contributed by atoms with Gasteiger partial charge in [-0.25, -0.2) is 8.42 Å². The quantitative estimate of drug-likeness (QED) is 0.807. The second kappa shape index (κ2) is 4.71. The molecule has 0 saturated carbocycles. The molecule has 1 unspecified atom stereocenters. The molecule has 0 spiro atoms. The maximum atomic E-state index is 12.4. The van der Waals surface area contributed by atoms with Gasteiger partial charge in [0.05, 0.1) is 18.4 Å². The first kappa shape index (κ1) is 12.2. The predicted octanol–water partition coefficient (Wildman–Crippen LogP) is 0.309. The fourth-order valence-electron chi connectivity index (χ4n) is 2.18. The molecular weight excluding hydrogens is 266 g/mol. The van der Waals surface area contributed by atoms with E-state index < -0.39 is 10.0 Å². The molecule has 1 aliphatic heterocycles. The molecule has 3 rings (SSSR count). The molecule has 3 heterocycles. The molecule has 0 aliphatic carbocycles. The maximum absolute atomic E-state index is 12.4. The molecule has 0 amide bonds. The summed E-state index contributed by atoms with van der Waals surface area (Å²) < 4.78 is 26.2. The molecule has 2 aromatic heterocycles. The lowest BCUT2D eigenvalue weighted by Crippen LogP contribution is -2.29. The van der Waals surface area contributed by atoms with Gasteiger partial charge >= 0.3 is 0 Å². The molecule has 8 heteroatoms. The minimum atomic E-state index is -3.46. The summed E-state index contributed by atoms with van der Waals surface area (Å²) in [5, 5.41) is 8.12. The van der Waals surface area contributed by atoms with E-state index in [-0.39, 0.29) is 10.9 Å². The van der Waals surface area contributed by atoms with E-state index in [9.17, 15) is 8.42 Å². The van der Waals surface area contributed by atoms with Crippen molar-refractivity contribution in [3.8, 4) is 0 Å². The fraction of sp³-hybridized carbons (Fsp3) is 0.364. The third-order valence-electron chi connectivity index (χ3n) is 3.16. The zero-order valence-corrected chi connectivity index (χ0v) is 10.9. The largest absolute Gasteiger partial charge is 0.263 e. The van der Waals surface area contributed by atoms with E-state index in [1.165, 1.54) is 10.5 Å². The summed E-state index contributed by atoms with van der Waals surface area (Å²) in [6.07, 6.45) is 6.83. The van der Waals surface area contributed by atoms with Crippen LogP contribution >= 0.6 is 0 Å². The fourth-order valence-corrected chi connectivity index (χ4v) is 3.64. The highest BCUT2D eigenvalue weighted by atomic mass is 32.2. The summed E-state index contributed by atoms with van der Waals surface area (Å²) in [6, 6.07) is 3.18. The lowest BCUT2D eigenvalue weighted by atomic mass is 10.3. The average molecular weight is 279 g/mol. The van der Waals surface area contributed by atoms with Crippen molar-refractivity contribution in [1.29, 1.82) is 0 Å². The van der Waals surface area contributed by atoms with Gasteiger partial charge < -0.3 is 0 Å². The van der Waals surface area contributed by atoms with Crippen molar-refractivity contribution in [3.05, 3.63) is 36.9 Å². The van der Waals surface area contributed by atoms with Crippen molar-refractivity contribution >= 4 is 10.0 Å². The first-order valence-corrected chi connectivity index (χ1v) is 7.38. The molecule has 1 saturated heterocycles. The van der Waals surface area contributed by atoms with Crippen LogP contribution in [0.5, 0.6) is 0 Å². The summed E-state index contributed by atoms with van der Waals surface area (Å²) in [6.45, 7) is 0.870. The van der Waals surface area contributed by atoms with Gasteiger partial charge in [-0.1, -0.05) is 0 Å². The van der Waals surface area contributed by atoms with Gasteiger partial charge in [0.1, 0.15) is 4.90 Å². The zero-order valence-electron chi connectivity index (χ0n) is 10.1. The first-order valence-electron chi connectivity index (χ1n) is 5.94. The summed E-state index contributed by atoms with van der Waals surface area (Å²) in [5.41, 5.74) is 0. The molecule has 7 nitrogen and oxygen atoms in total. The van der Waals surface area contributed by atoms with Crippen LogP contribution in [0.4, 0.5) is 0 Å². The number of pyridine rings is 1. The lowest BCUT2D eigenvalue weighted by molar-refractivity contribution is 0.402. The Morgan fingerprint density at radius 3 is 2.68 bits per heavy atom. The van der Waals surface area contributed by atoms with E-state index in [4.69, 9.17) is 0 Å². The maximum Gasteiger partial charge on any atom is 0.244 e. The Balaban J connectivity index is 1.81. The van der Waals surface area contributed by atoms with Crippen molar-refractivity contribution in [2.24, 2.45) is 0 Å². The molecule has 1 fully saturated rings. The van der Waals surface area contributed by atoms with Gasteiger partial charge in [0.15, 0.2) is 0 Å². The van der Waals surface area contributed by atoms with E-state index in [0.29, 0.717) is 19.5 Å².